The van der Waals surface area contributed by atoms with Crippen LogP contribution in [0.3, 0.4) is 0 Å². The number of rotatable bonds is 3. The number of aryl methyl sites for hydroxylation is 2. The Bertz CT molecular complexity index is 682. The zero-order valence-electron chi connectivity index (χ0n) is 16.5. The van der Waals surface area contributed by atoms with Gasteiger partial charge in [-0.1, -0.05) is 13.8 Å². The van der Waals surface area contributed by atoms with Crippen LogP contribution in [0.5, 0.6) is 0 Å². The molecule has 144 valence electrons. The minimum Gasteiger partial charge on any atom is -0.377 e. The van der Waals surface area contributed by atoms with E-state index in [0.717, 1.165) is 50.1 Å². The Morgan fingerprint density at radius 3 is 3.00 bits per heavy atom. The van der Waals surface area contributed by atoms with Crippen molar-refractivity contribution in [2.45, 2.75) is 65.1 Å². The van der Waals surface area contributed by atoms with Crippen LogP contribution in [0.1, 0.15) is 44.8 Å². The van der Waals surface area contributed by atoms with Gasteiger partial charge in [0.25, 0.3) is 0 Å². The van der Waals surface area contributed by atoms with Crippen molar-refractivity contribution in [1.29, 1.82) is 0 Å². The normalized spacial score (nSPS) is 33.0. The van der Waals surface area contributed by atoms with Crippen LogP contribution < -0.4 is 10.6 Å². The van der Waals surface area contributed by atoms with Gasteiger partial charge in [0.15, 0.2) is 5.96 Å². The monoisotopic (exact) mass is 360 g/mol. The van der Waals surface area contributed by atoms with Gasteiger partial charge >= 0.3 is 0 Å². The second-order valence-corrected chi connectivity index (χ2v) is 8.67. The molecule has 7 nitrogen and oxygen atoms in total. The Hall–Kier alpha value is -1.63. The predicted molar refractivity (Wildman–Crippen MR) is 101 cm³/mol. The van der Waals surface area contributed by atoms with Crippen molar-refractivity contribution in [3.8, 4) is 0 Å². The second-order valence-electron chi connectivity index (χ2n) is 8.67. The quantitative estimate of drug-likeness (QED) is 0.631. The molecule has 3 heterocycles. The summed E-state index contributed by atoms with van der Waals surface area (Å²) in [5.41, 5.74) is 0.155. The van der Waals surface area contributed by atoms with Gasteiger partial charge in [-0.25, -0.2) is 0 Å². The first-order valence-corrected chi connectivity index (χ1v) is 9.98. The lowest BCUT2D eigenvalue weighted by atomic mass is 9.55. The van der Waals surface area contributed by atoms with Crippen molar-refractivity contribution in [3.63, 3.8) is 0 Å². The van der Waals surface area contributed by atoms with Crippen LogP contribution in [-0.2, 0) is 17.7 Å². The molecule has 0 bridgehead atoms. The average molecular weight is 361 g/mol. The highest BCUT2D eigenvalue weighted by molar-refractivity contribution is 5.80. The lowest BCUT2D eigenvalue weighted by Crippen LogP contribution is -2.71. The standard InChI is InChI=1S/C19H32N6O/c1-12-23-24-15-8-7-13(11-25(12)15)10-21-18(20-4)22-16-14-6-5-9-26-17(14)19(16,2)3/h13-14,16-17H,5-11H2,1-4H3,(H2,20,21,22). The number of guanidine groups is 1. The minimum absolute atomic E-state index is 0.155. The highest BCUT2D eigenvalue weighted by Crippen LogP contribution is 2.51. The molecule has 26 heavy (non-hydrogen) atoms. The van der Waals surface area contributed by atoms with E-state index in [4.69, 9.17) is 4.74 Å². The highest BCUT2D eigenvalue weighted by atomic mass is 16.5. The molecule has 1 aromatic rings. The first-order chi connectivity index (χ1) is 12.5. The van der Waals surface area contributed by atoms with Gasteiger partial charge in [-0.05, 0) is 32.1 Å². The Morgan fingerprint density at radius 2 is 2.19 bits per heavy atom. The molecule has 1 saturated carbocycles. The lowest BCUT2D eigenvalue weighted by Gasteiger charge is -2.60. The minimum atomic E-state index is 0.155. The maximum atomic E-state index is 6.01. The van der Waals surface area contributed by atoms with Crippen molar-refractivity contribution in [2.24, 2.45) is 22.2 Å². The Kier molecular flexibility index (Phi) is 4.67. The van der Waals surface area contributed by atoms with Crippen LogP contribution in [0, 0.1) is 24.2 Å². The van der Waals surface area contributed by atoms with E-state index in [1.807, 2.05) is 14.0 Å². The van der Waals surface area contributed by atoms with Crippen LogP contribution in [-0.4, -0.2) is 53.1 Å². The summed E-state index contributed by atoms with van der Waals surface area (Å²) in [6.07, 6.45) is 4.97. The highest BCUT2D eigenvalue weighted by Gasteiger charge is 2.58. The number of aromatic nitrogens is 3. The lowest BCUT2D eigenvalue weighted by molar-refractivity contribution is -0.188. The van der Waals surface area contributed by atoms with E-state index >= 15 is 0 Å². The number of hydrogen-bond acceptors (Lipinski definition) is 4. The van der Waals surface area contributed by atoms with E-state index in [2.05, 4.69) is 44.2 Å². The summed E-state index contributed by atoms with van der Waals surface area (Å²) in [5.74, 6) is 4.25. The van der Waals surface area contributed by atoms with Gasteiger partial charge < -0.3 is 19.9 Å². The molecule has 2 aliphatic heterocycles. The van der Waals surface area contributed by atoms with Crippen LogP contribution in [0.4, 0.5) is 0 Å². The van der Waals surface area contributed by atoms with Crippen molar-refractivity contribution >= 4 is 5.96 Å². The fraction of sp³-hybridized carbons (Fsp3) is 0.842. The van der Waals surface area contributed by atoms with E-state index in [0.29, 0.717) is 24.0 Å². The van der Waals surface area contributed by atoms with Gasteiger partial charge in [-0.2, -0.15) is 0 Å². The third-order valence-electron chi connectivity index (χ3n) is 6.63. The van der Waals surface area contributed by atoms with Gasteiger partial charge in [0, 0.05) is 50.5 Å². The summed E-state index contributed by atoms with van der Waals surface area (Å²) in [6.45, 7) is 9.48. The SMILES string of the molecule is CN=C(NCC1CCc2nnc(C)n2C1)NC1C2CCCOC2C1(C)C. The first-order valence-electron chi connectivity index (χ1n) is 9.98. The molecule has 0 spiro atoms. The Balaban J connectivity index is 1.32. The van der Waals surface area contributed by atoms with Crippen molar-refractivity contribution in [2.75, 3.05) is 20.2 Å². The summed E-state index contributed by atoms with van der Waals surface area (Å²) in [4.78, 5) is 4.47. The van der Waals surface area contributed by atoms with Crippen molar-refractivity contribution < 1.29 is 4.74 Å². The summed E-state index contributed by atoms with van der Waals surface area (Å²) >= 11 is 0. The Labute approximate surface area is 156 Å². The molecule has 7 heteroatoms. The van der Waals surface area contributed by atoms with Crippen LogP contribution >= 0.6 is 0 Å². The van der Waals surface area contributed by atoms with Gasteiger partial charge in [-0.15, -0.1) is 10.2 Å². The molecule has 0 radical (unpaired) electrons. The first kappa shape index (κ1) is 17.8. The zero-order valence-corrected chi connectivity index (χ0v) is 16.5. The molecule has 4 unspecified atom stereocenters. The molecule has 1 aromatic heterocycles. The van der Waals surface area contributed by atoms with Crippen LogP contribution in [0.2, 0.25) is 0 Å². The number of fused-ring (bicyclic) bond motifs is 2. The molecule has 0 aromatic carbocycles. The largest absolute Gasteiger partial charge is 0.377 e. The molecule has 3 aliphatic rings. The number of nitrogens with zero attached hydrogens (tertiary/aromatic N) is 4. The molecule has 0 amide bonds. The fourth-order valence-electron chi connectivity index (χ4n) is 5.10. The molecule has 2 fully saturated rings. The predicted octanol–water partition coefficient (Wildman–Crippen LogP) is 1.52. The fourth-order valence-corrected chi connectivity index (χ4v) is 5.10. The Morgan fingerprint density at radius 1 is 1.35 bits per heavy atom. The number of ether oxygens (including phenoxy) is 1. The molecule has 1 aliphatic carbocycles. The number of nitrogens with one attached hydrogen (secondary N) is 2. The summed E-state index contributed by atoms with van der Waals surface area (Å²) in [5, 5.41) is 15.7. The summed E-state index contributed by atoms with van der Waals surface area (Å²) in [7, 11) is 1.86. The average Bonchev–Trinajstić information content (AvgIpc) is 3.02. The third kappa shape index (κ3) is 3.00. The van der Waals surface area contributed by atoms with Crippen LogP contribution in [0.25, 0.3) is 0 Å². The van der Waals surface area contributed by atoms with Crippen LogP contribution in [0.15, 0.2) is 4.99 Å². The van der Waals surface area contributed by atoms with Gasteiger partial charge in [-0.3, -0.25) is 4.99 Å². The molecule has 4 atom stereocenters. The number of aliphatic imine (C=N–C) groups is 1. The maximum Gasteiger partial charge on any atom is 0.191 e. The van der Waals surface area contributed by atoms with Gasteiger partial charge in [0.2, 0.25) is 0 Å². The summed E-state index contributed by atoms with van der Waals surface area (Å²) < 4.78 is 8.27. The summed E-state index contributed by atoms with van der Waals surface area (Å²) in [6, 6.07) is 0.428. The van der Waals surface area contributed by atoms with Crippen molar-refractivity contribution in [1.82, 2.24) is 25.4 Å². The van der Waals surface area contributed by atoms with E-state index in [1.165, 1.54) is 12.8 Å². The molecule has 2 N–H and O–H groups in total. The third-order valence-corrected chi connectivity index (χ3v) is 6.63. The van der Waals surface area contributed by atoms with E-state index in [-0.39, 0.29) is 5.41 Å². The van der Waals surface area contributed by atoms with Gasteiger partial charge in [0.1, 0.15) is 11.6 Å². The molecular weight excluding hydrogens is 328 g/mol. The number of hydrogen-bond donors (Lipinski definition) is 2. The zero-order chi connectivity index (χ0) is 18.3. The van der Waals surface area contributed by atoms with E-state index in [9.17, 15) is 0 Å². The molecular formula is C19H32N6O. The van der Waals surface area contributed by atoms with Gasteiger partial charge in [0.05, 0.1) is 6.10 Å². The maximum absolute atomic E-state index is 6.01. The van der Waals surface area contributed by atoms with E-state index in [1.54, 1.807) is 0 Å². The van der Waals surface area contributed by atoms with E-state index < -0.39 is 0 Å². The van der Waals surface area contributed by atoms with Crippen molar-refractivity contribution in [3.05, 3.63) is 11.6 Å². The molecule has 4 rings (SSSR count). The smallest absolute Gasteiger partial charge is 0.191 e. The topological polar surface area (TPSA) is 76.4 Å². The second kappa shape index (κ2) is 6.83. The molecule has 1 saturated heterocycles.